The number of carbonyl (C=O) groups is 2. The van der Waals surface area contributed by atoms with Crippen molar-refractivity contribution in [3.05, 3.63) is 0 Å². The van der Waals surface area contributed by atoms with Crippen molar-refractivity contribution < 1.29 is 30.0 Å². The second-order valence-electron chi connectivity index (χ2n) is 2.84. The summed E-state index contributed by atoms with van der Waals surface area (Å²) < 4.78 is 0. The quantitative estimate of drug-likeness (QED) is 0.191. The Labute approximate surface area is 91.6 Å². The fourth-order valence-electron chi connectivity index (χ4n) is 0.408. The molecule has 0 heterocycles. The lowest BCUT2D eigenvalue weighted by Gasteiger charge is -2.06. The van der Waals surface area contributed by atoms with E-state index in [-0.39, 0.29) is 0 Å². The van der Waals surface area contributed by atoms with Crippen LogP contribution in [0.4, 0.5) is 0 Å². The van der Waals surface area contributed by atoms with Crippen LogP contribution < -0.4 is 17.0 Å². The lowest BCUT2D eigenvalue weighted by atomic mass is 10.2. The molecule has 9 heteroatoms. The molecule has 0 unspecified atom stereocenters. The Kier molecular flexibility index (Phi) is 9.65. The van der Waals surface area contributed by atoms with Crippen molar-refractivity contribution in [2.75, 3.05) is 6.61 Å². The Morgan fingerprint density at radius 3 is 1.75 bits per heavy atom. The lowest BCUT2D eigenvalue weighted by molar-refractivity contribution is -0.141. The molecule has 9 N–H and O–H groups in total. The van der Waals surface area contributed by atoms with E-state index in [0.717, 1.165) is 0 Å². The first kappa shape index (κ1) is 17.1. The van der Waals surface area contributed by atoms with Crippen molar-refractivity contribution >= 4 is 11.9 Å². The maximum absolute atomic E-state index is 9.86. The van der Waals surface area contributed by atoms with Crippen LogP contribution in [-0.4, -0.2) is 57.2 Å². The summed E-state index contributed by atoms with van der Waals surface area (Å²) in [5, 5.41) is 32.8. The van der Waals surface area contributed by atoms with Gasteiger partial charge in [-0.3, -0.25) is 15.4 Å². The molecule has 9 nitrogen and oxygen atoms in total. The molecule has 96 valence electrons. The highest BCUT2D eigenvalue weighted by Gasteiger charge is 2.16. The van der Waals surface area contributed by atoms with Gasteiger partial charge in [0.2, 0.25) is 0 Å². The normalized spacial score (nSPS) is 15.3. The smallest absolute Gasteiger partial charge is 0.324 e. The summed E-state index contributed by atoms with van der Waals surface area (Å²) in [5.41, 5.74) is 6.81. The van der Waals surface area contributed by atoms with E-state index in [4.69, 9.17) is 32.0 Å². The van der Waals surface area contributed by atoms with Gasteiger partial charge >= 0.3 is 11.9 Å². The molecular formula is C7H17N3O6. The highest BCUT2D eigenvalue weighted by molar-refractivity contribution is 5.73. The molecule has 0 spiro atoms. The molecule has 0 amide bonds. The van der Waals surface area contributed by atoms with Gasteiger partial charge in [-0.25, -0.2) is 5.43 Å². The Morgan fingerprint density at radius 2 is 1.75 bits per heavy atom. The van der Waals surface area contributed by atoms with Crippen molar-refractivity contribution in [1.29, 1.82) is 0 Å². The average Bonchev–Trinajstić information content (AvgIpc) is 2.18. The standard InChI is InChI=1S/C4H9NO3.C3H8N2O3/c1-2(6)3(5)4(7)8;4-5-2(1-6)3(7)8/h2-3,6H,5H2,1H3,(H,7,8);2,5-6H,1,4H2,(H,7,8)/t2-,3+;2-/m10/s1. The number of hydrogen-bond donors (Lipinski definition) is 7. The van der Waals surface area contributed by atoms with E-state index in [9.17, 15) is 9.59 Å². The summed E-state index contributed by atoms with van der Waals surface area (Å²) in [6.07, 6.45) is -0.979. The van der Waals surface area contributed by atoms with E-state index in [2.05, 4.69) is 0 Å². The Morgan fingerprint density at radius 1 is 1.31 bits per heavy atom. The average molecular weight is 239 g/mol. The molecule has 0 saturated carbocycles. The maximum atomic E-state index is 9.86. The predicted molar refractivity (Wildman–Crippen MR) is 53.1 cm³/mol. The summed E-state index contributed by atoms with van der Waals surface area (Å²) >= 11 is 0. The Balaban J connectivity index is 0. The lowest BCUT2D eigenvalue weighted by Crippen LogP contribution is -2.43. The van der Waals surface area contributed by atoms with Crippen molar-refractivity contribution in [2.24, 2.45) is 11.6 Å². The van der Waals surface area contributed by atoms with Gasteiger partial charge < -0.3 is 26.2 Å². The fourth-order valence-corrected chi connectivity index (χ4v) is 0.408. The zero-order valence-electron chi connectivity index (χ0n) is 8.70. The second-order valence-corrected chi connectivity index (χ2v) is 2.84. The van der Waals surface area contributed by atoms with Crippen LogP contribution in [0.1, 0.15) is 6.92 Å². The molecule has 0 aliphatic rings. The molecule has 0 bridgehead atoms. The van der Waals surface area contributed by atoms with Crippen LogP contribution in [0.15, 0.2) is 0 Å². The number of carboxylic acids is 2. The Bertz CT molecular complexity index is 206. The minimum absolute atomic E-state index is 0.494. The third-order valence-electron chi connectivity index (χ3n) is 1.49. The first-order valence-corrected chi connectivity index (χ1v) is 4.24. The van der Waals surface area contributed by atoms with Gasteiger partial charge in [-0.05, 0) is 6.92 Å². The number of hydrogen-bond acceptors (Lipinski definition) is 7. The van der Waals surface area contributed by atoms with E-state index >= 15 is 0 Å². The van der Waals surface area contributed by atoms with Crippen molar-refractivity contribution in [3.8, 4) is 0 Å². The number of hydrazine groups is 1. The van der Waals surface area contributed by atoms with Gasteiger partial charge in [0.1, 0.15) is 12.1 Å². The highest BCUT2D eigenvalue weighted by Crippen LogP contribution is 1.85. The summed E-state index contributed by atoms with van der Waals surface area (Å²) in [7, 11) is 0. The number of nitrogens with two attached hydrogens (primary N) is 2. The number of aliphatic carboxylic acids is 2. The zero-order chi connectivity index (χ0) is 13.3. The fraction of sp³-hybridized carbons (Fsp3) is 0.714. The van der Waals surface area contributed by atoms with Crippen LogP contribution in [0.25, 0.3) is 0 Å². The summed E-state index contributed by atoms with van der Waals surface area (Å²) in [6.45, 7) is 0.838. The molecule has 0 aromatic heterocycles. The van der Waals surface area contributed by atoms with Gasteiger partial charge in [0, 0.05) is 0 Å². The van der Waals surface area contributed by atoms with Crippen LogP contribution in [0.5, 0.6) is 0 Å². The minimum atomic E-state index is -1.18. The molecule has 0 fully saturated rings. The highest BCUT2D eigenvalue weighted by atomic mass is 16.4. The van der Waals surface area contributed by atoms with E-state index in [0.29, 0.717) is 0 Å². The van der Waals surface area contributed by atoms with Gasteiger partial charge in [-0.1, -0.05) is 0 Å². The molecule has 0 aliphatic heterocycles. The first-order valence-electron chi connectivity index (χ1n) is 4.24. The summed E-state index contributed by atoms with van der Waals surface area (Å²) in [5.74, 6) is 2.36. The number of rotatable bonds is 5. The van der Waals surface area contributed by atoms with Crippen LogP contribution in [0, 0.1) is 0 Å². The van der Waals surface area contributed by atoms with E-state index < -0.39 is 36.7 Å². The summed E-state index contributed by atoms with van der Waals surface area (Å²) in [4.78, 5) is 19.7. The van der Waals surface area contributed by atoms with Gasteiger partial charge in [-0.15, -0.1) is 0 Å². The monoisotopic (exact) mass is 239 g/mol. The van der Waals surface area contributed by atoms with Crippen molar-refractivity contribution in [2.45, 2.75) is 25.1 Å². The molecule has 0 saturated heterocycles. The third kappa shape index (κ3) is 8.08. The molecule has 16 heavy (non-hydrogen) atoms. The maximum Gasteiger partial charge on any atom is 0.324 e. The molecule has 3 atom stereocenters. The largest absolute Gasteiger partial charge is 0.480 e. The predicted octanol–water partition coefficient (Wildman–Crippen LogP) is -3.33. The van der Waals surface area contributed by atoms with Gasteiger partial charge in [0.25, 0.3) is 0 Å². The molecule has 0 radical (unpaired) electrons. The van der Waals surface area contributed by atoms with Gasteiger partial charge in [0.05, 0.1) is 12.7 Å². The SMILES string of the molecule is C[C@@H](O)[C@H](N)C(=O)O.NN[C@@H](CO)C(=O)O. The number of aliphatic hydroxyl groups is 2. The van der Waals surface area contributed by atoms with E-state index in [1.165, 1.54) is 6.92 Å². The molecule has 0 aliphatic carbocycles. The number of nitrogens with one attached hydrogen (secondary N) is 1. The van der Waals surface area contributed by atoms with Crippen LogP contribution in [-0.2, 0) is 9.59 Å². The van der Waals surface area contributed by atoms with Gasteiger partial charge in [-0.2, -0.15) is 0 Å². The third-order valence-corrected chi connectivity index (χ3v) is 1.49. The van der Waals surface area contributed by atoms with Crippen molar-refractivity contribution in [3.63, 3.8) is 0 Å². The van der Waals surface area contributed by atoms with E-state index in [1.807, 2.05) is 5.43 Å². The van der Waals surface area contributed by atoms with Crippen LogP contribution in [0.3, 0.4) is 0 Å². The minimum Gasteiger partial charge on any atom is -0.480 e. The molecule has 0 aromatic rings. The molecule has 0 aromatic carbocycles. The van der Waals surface area contributed by atoms with Crippen molar-refractivity contribution in [1.82, 2.24) is 5.43 Å². The van der Waals surface area contributed by atoms with Gasteiger partial charge in [0.15, 0.2) is 0 Å². The van der Waals surface area contributed by atoms with Crippen LogP contribution in [0.2, 0.25) is 0 Å². The first-order chi connectivity index (χ1) is 7.27. The number of carboxylic acid groups (broad SMARTS) is 2. The topological polar surface area (TPSA) is 179 Å². The number of aliphatic hydroxyl groups excluding tert-OH is 2. The summed E-state index contributed by atoms with van der Waals surface area (Å²) in [6, 6.07) is -2.20. The zero-order valence-corrected chi connectivity index (χ0v) is 8.70. The van der Waals surface area contributed by atoms with Crippen LogP contribution >= 0.6 is 0 Å². The van der Waals surface area contributed by atoms with E-state index in [1.54, 1.807) is 0 Å². The molecular weight excluding hydrogens is 222 g/mol. The second kappa shape index (κ2) is 9.00. The molecule has 0 rings (SSSR count). The Hall–Kier alpha value is -1.26.